The third-order valence-corrected chi connectivity index (χ3v) is 7.85. The largest absolute Gasteiger partial charge is 0.508 e. The fraction of sp³-hybridized carbons (Fsp3) is 0.429. The van der Waals surface area contributed by atoms with Crippen LogP contribution in [0.25, 0.3) is 6.08 Å². The number of hydrogen-bond acceptors (Lipinski definition) is 9. The van der Waals surface area contributed by atoms with Gasteiger partial charge >= 0.3 is 5.97 Å². The number of nitrogens with zero attached hydrogens (tertiary/aromatic N) is 1. The first-order valence-corrected chi connectivity index (χ1v) is 12.8. The van der Waals surface area contributed by atoms with Gasteiger partial charge in [0, 0.05) is 13.0 Å². The van der Waals surface area contributed by atoms with Gasteiger partial charge < -0.3 is 29.7 Å². The van der Waals surface area contributed by atoms with Crippen molar-refractivity contribution in [3.05, 3.63) is 71.3 Å². The zero-order valence-corrected chi connectivity index (χ0v) is 20.7. The highest BCUT2D eigenvalue weighted by atomic mass is 16.8. The molecule has 0 radical (unpaired) electrons. The number of benzene rings is 2. The van der Waals surface area contributed by atoms with E-state index in [-0.39, 0.29) is 44.6 Å². The quantitative estimate of drug-likeness (QED) is 0.440. The van der Waals surface area contributed by atoms with Gasteiger partial charge in [-0.25, -0.2) is 0 Å². The smallest absolute Gasteiger partial charge is 0.327 e. The van der Waals surface area contributed by atoms with E-state index in [1.54, 1.807) is 12.1 Å². The summed E-state index contributed by atoms with van der Waals surface area (Å²) in [5.74, 6) is -0.611. The van der Waals surface area contributed by atoms with Gasteiger partial charge in [0.1, 0.15) is 42.4 Å². The maximum absolute atomic E-state index is 13.5. The lowest BCUT2D eigenvalue weighted by molar-refractivity contribution is -0.201. The second-order valence-electron chi connectivity index (χ2n) is 10.1. The number of esters is 1. The summed E-state index contributed by atoms with van der Waals surface area (Å²) in [4.78, 5) is 33.1. The number of carbonyl (C=O) groups is 2. The number of para-hydroxylation sites is 1. The Kier molecular flexibility index (Phi) is 6.67. The average molecular weight is 523 g/mol. The van der Waals surface area contributed by atoms with Gasteiger partial charge in [0.2, 0.25) is 5.91 Å². The highest BCUT2D eigenvalue weighted by Crippen LogP contribution is 2.55. The maximum Gasteiger partial charge on any atom is 0.327 e. The van der Waals surface area contributed by atoms with Crippen molar-refractivity contribution in [3.8, 4) is 5.75 Å². The molecule has 0 unspecified atom stereocenters. The molecule has 0 spiro atoms. The van der Waals surface area contributed by atoms with Crippen LogP contribution in [0.1, 0.15) is 23.1 Å². The molecule has 38 heavy (non-hydrogen) atoms. The van der Waals surface area contributed by atoms with E-state index >= 15 is 0 Å². The molecule has 3 heterocycles. The molecule has 1 amide bonds. The molecule has 2 bridgehead atoms. The number of aliphatic hydroxyl groups is 1. The third-order valence-electron chi connectivity index (χ3n) is 7.85. The van der Waals surface area contributed by atoms with E-state index in [9.17, 15) is 19.8 Å². The molecule has 0 aromatic heterocycles. The molecule has 2 aromatic rings. The summed E-state index contributed by atoms with van der Waals surface area (Å²) in [7, 11) is 0. The summed E-state index contributed by atoms with van der Waals surface area (Å²) in [5, 5.41) is 23.5. The lowest BCUT2D eigenvalue weighted by atomic mass is 9.62. The molecule has 1 aliphatic carbocycles. The van der Waals surface area contributed by atoms with E-state index in [4.69, 9.17) is 19.0 Å². The number of amides is 1. The predicted molar refractivity (Wildman–Crippen MR) is 133 cm³/mol. The van der Waals surface area contributed by atoms with Crippen LogP contribution in [0.2, 0.25) is 0 Å². The van der Waals surface area contributed by atoms with E-state index in [0.29, 0.717) is 6.42 Å². The SMILES string of the molecule is O=C1O[C@@H]2C[C@@]3(C(=O)NCCO)[C@H](ON(Cc4ccc(C=CCc5ccccc5O)cc4)[C@@H]13)[C@H]1OCO[C@H]12. The molecule has 3 aliphatic heterocycles. The van der Waals surface area contributed by atoms with E-state index in [0.717, 1.165) is 16.7 Å². The molecule has 4 fully saturated rings. The minimum absolute atomic E-state index is 0.0428. The number of nitrogens with one attached hydrogen (secondary N) is 1. The number of aromatic hydroxyl groups is 1. The van der Waals surface area contributed by atoms with E-state index in [2.05, 4.69) is 5.32 Å². The average Bonchev–Trinajstić information content (AvgIpc) is 3.54. The Morgan fingerprint density at radius 2 is 1.92 bits per heavy atom. The molecule has 10 heteroatoms. The number of aliphatic hydroxyl groups excluding tert-OH is 1. The van der Waals surface area contributed by atoms with E-state index in [1.807, 2.05) is 48.6 Å². The summed E-state index contributed by atoms with van der Waals surface area (Å²) in [6.07, 6.45) is 2.46. The Morgan fingerprint density at radius 3 is 2.71 bits per heavy atom. The Bertz CT molecular complexity index is 1230. The molecule has 3 saturated heterocycles. The van der Waals surface area contributed by atoms with Gasteiger partial charge in [0.25, 0.3) is 0 Å². The maximum atomic E-state index is 13.5. The summed E-state index contributed by atoms with van der Waals surface area (Å²) in [6.45, 7) is 0.163. The highest BCUT2D eigenvalue weighted by molar-refractivity contribution is 5.93. The predicted octanol–water partition coefficient (Wildman–Crippen LogP) is 1.30. The Balaban J connectivity index is 1.21. The number of fused-ring (bicyclic) bond motifs is 4. The van der Waals surface area contributed by atoms with E-state index < -0.39 is 41.8 Å². The molecule has 1 saturated carbocycles. The summed E-state index contributed by atoms with van der Waals surface area (Å²) >= 11 is 0. The van der Waals surface area contributed by atoms with Crippen molar-refractivity contribution in [2.75, 3.05) is 19.9 Å². The fourth-order valence-corrected chi connectivity index (χ4v) is 6.09. The first kappa shape index (κ1) is 25.0. The van der Waals surface area contributed by atoms with Crippen molar-refractivity contribution in [3.63, 3.8) is 0 Å². The van der Waals surface area contributed by atoms with Crippen LogP contribution in [0.3, 0.4) is 0 Å². The standard InChI is InChI=1S/C28H30N2O8/c31-13-12-29-27(34)28-14-21-22-23(36-16-35-22)25(28)38-30(24(28)26(33)37-21)15-18-10-8-17(9-11-18)4-3-6-19-5-1-2-7-20(19)32/h1-5,7-11,21-25,31-32H,6,12-16H2,(H,29,34)/t21-,22+,23+,24+,25-,28+/m1/s1. The summed E-state index contributed by atoms with van der Waals surface area (Å²) < 4.78 is 17.2. The van der Waals surface area contributed by atoms with Crippen LogP contribution in [0, 0.1) is 5.41 Å². The Morgan fingerprint density at radius 1 is 1.13 bits per heavy atom. The monoisotopic (exact) mass is 522 g/mol. The van der Waals surface area contributed by atoms with Crippen LogP contribution in [0.15, 0.2) is 54.6 Å². The lowest BCUT2D eigenvalue weighted by Crippen LogP contribution is -2.69. The number of rotatable bonds is 8. The van der Waals surface area contributed by atoms with Crippen molar-refractivity contribution >= 4 is 18.0 Å². The number of hydroxylamine groups is 2. The Hall–Kier alpha value is -3.28. The van der Waals surface area contributed by atoms with Crippen molar-refractivity contribution in [2.24, 2.45) is 5.41 Å². The second kappa shape index (κ2) is 10.1. The second-order valence-corrected chi connectivity index (χ2v) is 10.1. The fourth-order valence-electron chi connectivity index (χ4n) is 6.09. The molecule has 10 nitrogen and oxygen atoms in total. The summed E-state index contributed by atoms with van der Waals surface area (Å²) in [6, 6.07) is 14.1. The Labute approximate surface area is 219 Å². The minimum Gasteiger partial charge on any atom is -0.508 e. The van der Waals surface area contributed by atoms with Gasteiger partial charge in [-0.15, -0.1) is 0 Å². The van der Waals surface area contributed by atoms with Crippen LogP contribution in [0.5, 0.6) is 5.75 Å². The topological polar surface area (TPSA) is 127 Å². The van der Waals surface area contributed by atoms with Crippen LogP contribution in [-0.2, 0) is 41.6 Å². The van der Waals surface area contributed by atoms with Crippen LogP contribution >= 0.6 is 0 Å². The number of hydrogen-bond donors (Lipinski definition) is 3. The normalized spacial score (nSPS) is 31.8. The zero-order valence-electron chi connectivity index (χ0n) is 20.7. The van der Waals surface area contributed by atoms with Crippen LogP contribution in [-0.4, -0.2) is 77.6 Å². The molecule has 3 N–H and O–H groups in total. The van der Waals surface area contributed by atoms with Gasteiger partial charge in [0.15, 0.2) is 6.04 Å². The molecule has 2 aromatic carbocycles. The van der Waals surface area contributed by atoms with Gasteiger partial charge in [-0.2, -0.15) is 5.06 Å². The molecule has 6 rings (SSSR count). The highest BCUT2D eigenvalue weighted by Gasteiger charge is 2.74. The third kappa shape index (κ3) is 4.18. The van der Waals surface area contributed by atoms with Gasteiger partial charge in [-0.3, -0.25) is 14.4 Å². The van der Waals surface area contributed by atoms with Crippen molar-refractivity contribution < 1.29 is 38.9 Å². The number of carbonyl (C=O) groups excluding carboxylic acids is 2. The summed E-state index contributed by atoms with van der Waals surface area (Å²) in [5.41, 5.74) is 1.52. The molecule has 4 aliphatic rings. The van der Waals surface area contributed by atoms with Crippen molar-refractivity contribution in [1.82, 2.24) is 10.4 Å². The number of phenols is 1. The molecule has 6 atom stereocenters. The van der Waals surface area contributed by atoms with Crippen molar-refractivity contribution in [1.29, 1.82) is 0 Å². The van der Waals surface area contributed by atoms with Crippen LogP contribution < -0.4 is 5.32 Å². The molecular formula is C28H30N2O8. The zero-order chi connectivity index (χ0) is 26.3. The van der Waals surface area contributed by atoms with Gasteiger partial charge in [-0.05, 0) is 29.2 Å². The van der Waals surface area contributed by atoms with Crippen molar-refractivity contribution in [2.45, 2.75) is 49.8 Å². The first-order chi connectivity index (χ1) is 18.5. The number of allylic oxidation sites excluding steroid dienone is 1. The molecule has 200 valence electrons. The minimum atomic E-state index is -1.21. The van der Waals surface area contributed by atoms with Crippen LogP contribution in [0.4, 0.5) is 0 Å². The number of ether oxygens (including phenoxy) is 3. The van der Waals surface area contributed by atoms with Gasteiger partial charge in [-0.1, -0.05) is 54.6 Å². The lowest BCUT2D eigenvalue weighted by Gasteiger charge is -2.48. The number of phenolic OH excluding ortho intramolecular Hbond substituents is 1. The van der Waals surface area contributed by atoms with Gasteiger partial charge in [0.05, 0.1) is 13.2 Å². The first-order valence-electron chi connectivity index (χ1n) is 12.8. The van der Waals surface area contributed by atoms with E-state index in [1.165, 1.54) is 5.06 Å². The molecular weight excluding hydrogens is 492 g/mol.